The van der Waals surface area contributed by atoms with Gasteiger partial charge >= 0.3 is 14.8 Å². The number of esters is 1. The molecule has 2 aliphatic rings. The number of nitrogens with one attached hydrogen (secondary N) is 1. The van der Waals surface area contributed by atoms with Crippen molar-refractivity contribution in [2.24, 2.45) is 5.73 Å². The first-order chi connectivity index (χ1) is 18.7. The summed E-state index contributed by atoms with van der Waals surface area (Å²) in [7, 11) is 1.03. The predicted molar refractivity (Wildman–Crippen MR) is 148 cm³/mol. The predicted octanol–water partition coefficient (Wildman–Crippen LogP) is 4.23. The number of benzene rings is 3. The van der Waals surface area contributed by atoms with Gasteiger partial charge in [0.25, 0.3) is 0 Å². The molecule has 39 heavy (non-hydrogen) atoms. The van der Waals surface area contributed by atoms with Gasteiger partial charge in [0.2, 0.25) is 0 Å². The molecule has 0 aliphatic carbocycles. The number of nitrogens with two attached hydrogens (primary N) is 1. The molecule has 3 aromatic carbocycles. The topological polar surface area (TPSA) is 142 Å². The lowest BCUT2D eigenvalue weighted by atomic mass is 9.76. The van der Waals surface area contributed by atoms with E-state index >= 15 is 0 Å². The third kappa shape index (κ3) is 3.86. The van der Waals surface area contributed by atoms with Crippen LogP contribution in [0.25, 0.3) is 0 Å². The number of hydrogen-bond acceptors (Lipinski definition) is 9. The third-order valence-corrected chi connectivity index (χ3v) is 10.6. The molecule has 5 N–H and O–H groups in total. The molecule has 0 aromatic heterocycles. The number of rotatable bonds is 7. The molecule has 0 radical (unpaired) electrons. The SMILES string of the molecule is CCC(c1c(O)cc2c(c1NC(N)=S)C1(OC(=O)c3ccccc31)c1ccc(O)cc1O2)[Si](OC)(OC)OC. The van der Waals surface area contributed by atoms with Crippen LogP contribution in [0.3, 0.4) is 0 Å². The molecule has 5 rings (SSSR count). The molecule has 0 saturated heterocycles. The first kappa shape index (κ1) is 26.9. The maximum Gasteiger partial charge on any atom is 0.508 e. The second-order valence-corrected chi connectivity index (χ2v) is 12.7. The van der Waals surface area contributed by atoms with Crippen LogP contribution in [-0.4, -0.2) is 51.4 Å². The number of fused-ring (bicyclic) bond motifs is 6. The minimum absolute atomic E-state index is 0.0469. The highest BCUT2D eigenvalue weighted by Crippen LogP contribution is 2.61. The quantitative estimate of drug-likeness (QED) is 0.185. The molecule has 3 aromatic rings. The first-order valence-corrected chi connectivity index (χ1v) is 14.3. The summed E-state index contributed by atoms with van der Waals surface area (Å²) in [6.07, 6.45) is 0.439. The molecule has 2 heterocycles. The van der Waals surface area contributed by atoms with E-state index in [0.29, 0.717) is 34.2 Å². The molecule has 0 fully saturated rings. The molecule has 0 bridgehead atoms. The monoisotopic (exact) mass is 568 g/mol. The molecule has 2 atom stereocenters. The molecule has 0 amide bonds. The van der Waals surface area contributed by atoms with E-state index in [-0.39, 0.29) is 33.8 Å². The van der Waals surface area contributed by atoms with Crippen LogP contribution >= 0.6 is 12.2 Å². The molecule has 10 nitrogen and oxygen atoms in total. The summed E-state index contributed by atoms with van der Waals surface area (Å²) >= 11 is 5.27. The van der Waals surface area contributed by atoms with Gasteiger partial charge in [0.1, 0.15) is 23.0 Å². The van der Waals surface area contributed by atoms with Crippen molar-refractivity contribution >= 4 is 37.8 Å². The van der Waals surface area contributed by atoms with Crippen LogP contribution in [-0.2, 0) is 23.6 Å². The summed E-state index contributed by atoms with van der Waals surface area (Å²) in [5, 5.41) is 24.7. The molecule has 1 spiro atoms. The zero-order chi connectivity index (χ0) is 28.1. The zero-order valence-corrected chi connectivity index (χ0v) is 23.5. The lowest BCUT2D eigenvalue weighted by Gasteiger charge is -2.40. The van der Waals surface area contributed by atoms with Crippen molar-refractivity contribution < 1.29 is 37.8 Å². The maximum atomic E-state index is 13.3. The van der Waals surface area contributed by atoms with Gasteiger partial charge in [-0.05, 0) is 36.8 Å². The molecule has 0 saturated carbocycles. The van der Waals surface area contributed by atoms with E-state index in [1.807, 2.05) is 6.92 Å². The Labute approximate surface area is 231 Å². The smallest absolute Gasteiger partial charge is 0.508 e. The van der Waals surface area contributed by atoms with Crippen molar-refractivity contribution in [2.45, 2.75) is 24.5 Å². The van der Waals surface area contributed by atoms with Gasteiger partial charge in [0, 0.05) is 50.2 Å². The largest absolute Gasteiger partial charge is 0.508 e. The van der Waals surface area contributed by atoms with Gasteiger partial charge in [-0.2, -0.15) is 0 Å². The average molecular weight is 569 g/mol. The normalized spacial score (nSPS) is 18.0. The highest BCUT2D eigenvalue weighted by Gasteiger charge is 2.57. The molecule has 2 aliphatic heterocycles. The lowest BCUT2D eigenvalue weighted by Crippen LogP contribution is -2.49. The highest BCUT2D eigenvalue weighted by molar-refractivity contribution is 7.80. The molecular weight excluding hydrogens is 540 g/mol. The van der Waals surface area contributed by atoms with E-state index in [0.717, 1.165) is 0 Å². The van der Waals surface area contributed by atoms with Gasteiger partial charge in [0.15, 0.2) is 10.7 Å². The molecular formula is C27H28N2O8SSi. The number of carbonyl (C=O) groups is 1. The minimum Gasteiger partial charge on any atom is -0.508 e. The van der Waals surface area contributed by atoms with Crippen LogP contribution in [0, 0.1) is 0 Å². The van der Waals surface area contributed by atoms with E-state index in [2.05, 4.69) is 5.32 Å². The number of phenols is 2. The number of anilines is 1. The first-order valence-electron chi connectivity index (χ1n) is 12.1. The Kier molecular flexibility index (Phi) is 6.77. The summed E-state index contributed by atoms with van der Waals surface area (Å²) < 4.78 is 29.9. The van der Waals surface area contributed by atoms with Gasteiger partial charge < -0.3 is 44.0 Å². The van der Waals surface area contributed by atoms with Crippen LogP contribution in [0.4, 0.5) is 5.69 Å². The Morgan fingerprint density at radius 2 is 1.77 bits per heavy atom. The summed E-state index contributed by atoms with van der Waals surface area (Å²) in [5.74, 6) is -0.336. The Balaban J connectivity index is 1.94. The van der Waals surface area contributed by atoms with E-state index in [9.17, 15) is 15.0 Å². The van der Waals surface area contributed by atoms with Crippen LogP contribution in [0.15, 0.2) is 48.5 Å². The van der Waals surface area contributed by atoms with Crippen LogP contribution in [0.1, 0.15) is 51.5 Å². The number of thiocarbonyl (C=S) groups is 1. The lowest BCUT2D eigenvalue weighted by molar-refractivity contribution is 0.0226. The van der Waals surface area contributed by atoms with Gasteiger partial charge in [-0.3, -0.25) is 0 Å². The zero-order valence-electron chi connectivity index (χ0n) is 21.7. The Morgan fingerprint density at radius 1 is 1.08 bits per heavy atom. The number of hydrogen-bond donors (Lipinski definition) is 4. The maximum absolute atomic E-state index is 13.3. The minimum atomic E-state index is -3.43. The van der Waals surface area contributed by atoms with Crippen LogP contribution in [0.5, 0.6) is 23.0 Å². The summed E-state index contributed by atoms with van der Waals surface area (Å²) in [4.78, 5) is 13.3. The Bertz CT molecular complexity index is 1490. The van der Waals surface area contributed by atoms with Gasteiger partial charge in [-0.1, -0.05) is 25.1 Å². The summed E-state index contributed by atoms with van der Waals surface area (Å²) in [5.41, 5.74) is 6.27. The number of aromatic hydroxyl groups is 2. The van der Waals surface area contributed by atoms with Crippen molar-refractivity contribution in [3.63, 3.8) is 0 Å². The van der Waals surface area contributed by atoms with Crippen LogP contribution in [0.2, 0.25) is 0 Å². The highest BCUT2D eigenvalue weighted by atomic mass is 32.1. The number of ether oxygens (including phenoxy) is 2. The van der Waals surface area contributed by atoms with Gasteiger partial charge in [-0.15, -0.1) is 0 Å². The average Bonchev–Trinajstić information content (AvgIpc) is 3.20. The van der Waals surface area contributed by atoms with E-state index in [1.54, 1.807) is 30.3 Å². The van der Waals surface area contributed by atoms with Crippen LogP contribution < -0.4 is 15.8 Å². The van der Waals surface area contributed by atoms with E-state index in [4.69, 9.17) is 40.7 Å². The standard InChI is InChI=1S/C27H28N2O8SSi/c1-5-21(39(33-2,34-3)35-4)22-18(31)13-20-23(24(22)29-26(28)38)27(17-11-10-14(30)12-19(17)36-20)16-9-7-6-8-15(16)25(32)37-27/h6-13,21,30-31H,5H2,1-4H3,(H3,28,29,38). The molecule has 12 heteroatoms. The van der Waals surface area contributed by atoms with Crippen molar-refractivity contribution in [3.8, 4) is 23.0 Å². The second-order valence-electron chi connectivity index (χ2n) is 9.12. The van der Waals surface area contributed by atoms with Crippen molar-refractivity contribution in [1.29, 1.82) is 0 Å². The van der Waals surface area contributed by atoms with Gasteiger partial charge in [0.05, 0.1) is 22.4 Å². The van der Waals surface area contributed by atoms with E-state index in [1.165, 1.54) is 39.5 Å². The molecule has 2 unspecified atom stereocenters. The van der Waals surface area contributed by atoms with Gasteiger partial charge in [-0.25, -0.2) is 4.79 Å². The van der Waals surface area contributed by atoms with Crippen molar-refractivity contribution in [1.82, 2.24) is 0 Å². The van der Waals surface area contributed by atoms with Crippen molar-refractivity contribution in [2.75, 3.05) is 26.6 Å². The second kappa shape index (κ2) is 9.81. The number of carbonyl (C=O) groups excluding carboxylic acids is 1. The summed E-state index contributed by atoms with van der Waals surface area (Å²) in [6, 6.07) is 13.0. The third-order valence-electron chi connectivity index (χ3n) is 7.28. The Hall–Kier alpha value is -3.68. The van der Waals surface area contributed by atoms with E-state index < -0.39 is 25.9 Å². The number of phenolic OH excluding ortho intramolecular Hbond substituents is 2. The fraction of sp³-hybridized carbons (Fsp3) is 0.259. The Morgan fingerprint density at radius 3 is 2.41 bits per heavy atom. The fourth-order valence-corrected chi connectivity index (χ4v) is 8.35. The van der Waals surface area contributed by atoms with Crippen molar-refractivity contribution in [3.05, 3.63) is 76.3 Å². The fourth-order valence-electron chi connectivity index (χ4n) is 5.75. The molecule has 204 valence electrons. The summed E-state index contributed by atoms with van der Waals surface area (Å²) in [6.45, 7) is 1.90.